The molecule has 1 aromatic heterocycles. The number of sulfonamides is 1. The highest BCUT2D eigenvalue weighted by Gasteiger charge is 2.32. The molecule has 0 N–H and O–H groups in total. The normalized spacial score (nSPS) is 23.5. The van der Waals surface area contributed by atoms with E-state index in [2.05, 4.69) is 15.9 Å². The maximum atomic E-state index is 12.4. The SMILES string of the molecule is CC1CCCCN1S(=O)(=O)c1sccc1Br. The largest absolute Gasteiger partial charge is 0.253 e. The number of hydrogen-bond donors (Lipinski definition) is 0. The van der Waals surface area contributed by atoms with Crippen LogP contribution in [0.15, 0.2) is 20.1 Å². The standard InChI is InChI=1S/C10H14BrNO2S2/c1-8-4-2-3-6-12(8)16(13,14)10-9(11)5-7-15-10/h5,7-8H,2-4,6H2,1H3. The van der Waals surface area contributed by atoms with E-state index in [9.17, 15) is 8.42 Å². The Balaban J connectivity index is 2.35. The van der Waals surface area contributed by atoms with Gasteiger partial charge in [0.15, 0.2) is 0 Å². The van der Waals surface area contributed by atoms with Crippen molar-refractivity contribution in [2.45, 2.75) is 36.4 Å². The van der Waals surface area contributed by atoms with Crippen LogP contribution in [-0.4, -0.2) is 25.3 Å². The van der Waals surface area contributed by atoms with Crippen LogP contribution in [-0.2, 0) is 10.0 Å². The minimum Gasteiger partial charge on any atom is -0.206 e. The summed E-state index contributed by atoms with van der Waals surface area (Å²) >= 11 is 4.57. The van der Waals surface area contributed by atoms with Gasteiger partial charge in [0.2, 0.25) is 0 Å². The third kappa shape index (κ3) is 2.20. The average molecular weight is 324 g/mol. The van der Waals surface area contributed by atoms with Crippen LogP contribution in [0.25, 0.3) is 0 Å². The lowest BCUT2D eigenvalue weighted by Gasteiger charge is -2.31. The van der Waals surface area contributed by atoms with Gasteiger partial charge in [-0.05, 0) is 47.1 Å². The fourth-order valence-electron chi connectivity index (χ4n) is 2.00. The van der Waals surface area contributed by atoms with Crippen molar-refractivity contribution in [2.75, 3.05) is 6.54 Å². The lowest BCUT2D eigenvalue weighted by Crippen LogP contribution is -2.41. The second kappa shape index (κ2) is 4.76. The van der Waals surface area contributed by atoms with Gasteiger partial charge >= 0.3 is 0 Å². The van der Waals surface area contributed by atoms with E-state index in [1.807, 2.05) is 6.92 Å². The van der Waals surface area contributed by atoms with Crippen molar-refractivity contribution in [2.24, 2.45) is 0 Å². The molecule has 3 nitrogen and oxygen atoms in total. The molecule has 1 aliphatic rings. The first-order valence-corrected chi connectivity index (χ1v) is 8.39. The van der Waals surface area contributed by atoms with Gasteiger partial charge in [0.1, 0.15) is 4.21 Å². The zero-order chi connectivity index (χ0) is 11.8. The van der Waals surface area contributed by atoms with Crippen LogP contribution in [0.4, 0.5) is 0 Å². The predicted molar refractivity (Wildman–Crippen MR) is 69.2 cm³/mol. The highest BCUT2D eigenvalue weighted by Crippen LogP contribution is 2.33. The molecule has 0 saturated carbocycles. The molecule has 6 heteroatoms. The zero-order valence-corrected chi connectivity index (χ0v) is 12.2. The summed E-state index contributed by atoms with van der Waals surface area (Å²) in [5, 5.41) is 1.80. The van der Waals surface area contributed by atoms with E-state index in [0.29, 0.717) is 15.2 Å². The van der Waals surface area contributed by atoms with Gasteiger partial charge in [0.25, 0.3) is 10.0 Å². The Bertz CT molecular complexity index is 469. The van der Waals surface area contributed by atoms with E-state index in [1.54, 1.807) is 15.8 Å². The summed E-state index contributed by atoms with van der Waals surface area (Å²) in [5.41, 5.74) is 0. The van der Waals surface area contributed by atoms with Crippen molar-refractivity contribution < 1.29 is 8.42 Å². The molecule has 2 heterocycles. The monoisotopic (exact) mass is 323 g/mol. The van der Waals surface area contributed by atoms with Crippen molar-refractivity contribution >= 4 is 37.3 Å². The van der Waals surface area contributed by atoms with Gasteiger partial charge in [-0.3, -0.25) is 0 Å². The van der Waals surface area contributed by atoms with Gasteiger partial charge in [-0.25, -0.2) is 8.42 Å². The van der Waals surface area contributed by atoms with E-state index in [0.717, 1.165) is 19.3 Å². The van der Waals surface area contributed by atoms with E-state index < -0.39 is 10.0 Å². The molecule has 0 aliphatic carbocycles. The Kier molecular flexibility index (Phi) is 3.73. The van der Waals surface area contributed by atoms with Crippen molar-refractivity contribution in [1.82, 2.24) is 4.31 Å². The molecule has 1 atom stereocenters. The zero-order valence-electron chi connectivity index (χ0n) is 9.02. The fraction of sp³-hybridized carbons (Fsp3) is 0.600. The number of thiophene rings is 1. The predicted octanol–water partition coefficient (Wildman–Crippen LogP) is 3.07. The Labute approximate surface area is 109 Å². The molecule has 90 valence electrons. The van der Waals surface area contributed by atoms with Crippen LogP contribution in [0.1, 0.15) is 26.2 Å². The van der Waals surface area contributed by atoms with Gasteiger partial charge in [-0.15, -0.1) is 11.3 Å². The number of rotatable bonds is 2. The molecule has 0 spiro atoms. The van der Waals surface area contributed by atoms with Gasteiger partial charge in [0, 0.05) is 17.1 Å². The molecule has 0 aromatic carbocycles. The molecule has 1 fully saturated rings. The van der Waals surface area contributed by atoms with Crippen molar-refractivity contribution in [3.8, 4) is 0 Å². The van der Waals surface area contributed by atoms with Crippen molar-refractivity contribution in [3.05, 3.63) is 15.9 Å². The molecule has 2 rings (SSSR count). The van der Waals surface area contributed by atoms with E-state index in [4.69, 9.17) is 0 Å². The average Bonchev–Trinajstić information content (AvgIpc) is 2.65. The lowest BCUT2D eigenvalue weighted by molar-refractivity contribution is 0.269. The molecular weight excluding hydrogens is 310 g/mol. The van der Waals surface area contributed by atoms with E-state index in [-0.39, 0.29) is 6.04 Å². The Hall–Kier alpha value is 0.0900. The summed E-state index contributed by atoms with van der Waals surface area (Å²) in [7, 11) is -3.29. The number of hydrogen-bond acceptors (Lipinski definition) is 3. The third-order valence-corrected chi connectivity index (χ3v) is 7.53. The second-order valence-electron chi connectivity index (χ2n) is 4.02. The van der Waals surface area contributed by atoms with Crippen LogP contribution in [0, 0.1) is 0 Å². The van der Waals surface area contributed by atoms with Gasteiger partial charge in [0.05, 0.1) is 0 Å². The lowest BCUT2D eigenvalue weighted by atomic mass is 10.1. The molecule has 0 bridgehead atoms. The molecule has 1 aromatic rings. The molecule has 16 heavy (non-hydrogen) atoms. The van der Waals surface area contributed by atoms with Crippen LogP contribution >= 0.6 is 27.3 Å². The smallest absolute Gasteiger partial charge is 0.206 e. The van der Waals surface area contributed by atoms with Crippen molar-refractivity contribution in [3.63, 3.8) is 0 Å². The molecule has 0 amide bonds. The molecule has 1 unspecified atom stereocenters. The Morgan fingerprint density at radius 1 is 1.50 bits per heavy atom. The molecule has 1 saturated heterocycles. The fourth-order valence-corrected chi connectivity index (χ4v) is 6.13. The maximum Gasteiger partial charge on any atom is 0.253 e. The number of nitrogens with zero attached hydrogens (tertiary/aromatic N) is 1. The topological polar surface area (TPSA) is 37.4 Å². The summed E-state index contributed by atoms with van der Waals surface area (Å²) in [4.78, 5) is 0. The molecule has 1 aliphatic heterocycles. The van der Waals surface area contributed by atoms with Crippen LogP contribution in [0.5, 0.6) is 0 Å². The second-order valence-corrected chi connectivity index (χ2v) is 7.87. The summed E-state index contributed by atoms with van der Waals surface area (Å²) in [5.74, 6) is 0. The van der Waals surface area contributed by atoms with Gasteiger partial charge < -0.3 is 0 Å². The number of halogens is 1. The first-order valence-electron chi connectivity index (χ1n) is 5.28. The minimum atomic E-state index is -3.29. The quantitative estimate of drug-likeness (QED) is 0.838. The Morgan fingerprint density at radius 3 is 2.81 bits per heavy atom. The van der Waals surface area contributed by atoms with E-state index in [1.165, 1.54) is 11.3 Å². The van der Waals surface area contributed by atoms with Gasteiger partial charge in [-0.2, -0.15) is 4.31 Å². The molecular formula is C10H14BrNO2S2. The summed E-state index contributed by atoms with van der Waals surface area (Å²) in [6, 6.07) is 1.90. The first kappa shape index (κ1) is 12.5. The van der Waals surface area contributed by atoms with Crippen LogP contribution < -0.4 is 0 Å². The van der Waals surface area contributed by atoms with Gasteiger partial charge in [-0.1, -0.05) is 6.42 Å². The first-order chi connectivity index (χ1) is 7.53. The highest BCUT2D eigenvalue weighted by molar-refractivity contribution is 9.10. The van der Waals surface area contributed by atoms with Crippen LogP contribution in [0.2, 0.25) is 0 Å². The third-order valence-electron chi connectivity index (χ3n) is 2.87. The Morgan fingerprint density at radius 2 is 2.25 bits per heavy atom. The summed E-state index contributed by atoms with van der Waals surface area (Å²) in [6.07, 6.45) is 3.05. The van der Waals surface area contributed by atoms with Crippen molar-refractivity contribution in [1.29, 1.82) is 0 Å². The summed E-state index contributed by atoms with van der Waals surface area (Å²) < 4.78 is 27.5. The van der Waals surface area contributed by atoms with E-state index >= 15 is 0 Å². The van der Waals surface area contributed by atoms with Crippen LogP contribution in [0.3, 0.4) is 0 Å². The minimum absolute atomic E-state index is 0.118. The molecule has 0 radical (unpaired) electrons. The number of piperidine rings is 1. The summed E-state index contributed by atoms with van der Waals surface area (Å²) in [6.45, 7) is 2.63. The maximum absolute atomic E-state index is 12.4. The highest BCUT2D eigenvalue weighted by atomic mass is 79.9.